The molecule has 0 N–H and O–H groups in total. The number of unbranched alkanes of at least 4 members (excludes halogenated alkanes) is 10. The minimum Gasteiger partial charge on any atom is -0.0886 e. The van der Waals surface area contributed by atoms with Crippen LogP contribution in [0, 0.1) is 0 Å². The lowest BCUT2D eigenvalue weighted by molar-refractivity contribution is 0.398. The van der Waals surface area contributed by atoms with Gasteiger partial charge in [-0.2, -0.15) is 0 Å². The Morgan fingerprint density at radius 3 is 1.35 bits per heavy atom. The highest BCUT2D eigenvalue weighted by molar-refractivity contribution is 6.33. The quantitative estimate of drug-likeness (QED) is 0.264. The lowest BCUT2D eigenvalue weighted by Crippen LogP contribution is -2.27. The monoisotopic (exact) mass is 414 g/mol. The molecule has 0 bridgehead atoms. The molecule has 3 rings (SSSR count). The second-order valence-corrected chi connectivity index (χ2v) is 10.2. The van der Waals surface area contributed by atoms with Crippen LogP contribution in [0.2, 0.25) is 0 Å². The molecule has 0 amide bonds. The van der Waals surface area contributed by atoms with E-state index < -0.39 is 0 Å². The summed E-state index contributed by atoms with van der Waals surface area (Å²) < 4.78 is 0. The van der Waals surface area contributed by atoms with Gasteiger partial charge in [-0.25, -0.2) is 0 Å². The summed E-state index contributed by atoms with van der Waals surface area (Å²) >= 11 is 0. The van der Waals surface area contributed by atoms with Crippen LogP contribution < -0.4 is 10.9 Å². The van der Waals surface area contributed by atoms with Crippen LogP contribution in [0.4, 0.5) is 0 Å². The lowest BCUT2D eigenvalue weighted by atomic mass is 9.69. The summed E-state index contributed by atoms with van der Waals surface area (Å²) in [6.45, 7) is 4.62. The highest BCUT2D eigenvalue weighted by Crippen LogP contribution is 2.53. The molecule has 2 aromatic rings. The molecule has 0 saturated heterocycles. The maximum atomic E-state index is 2.53. The van der Waals surface area contributed by atoms with Gasteiger partial charge in [-0.05, 0) is 35.1 Å². The van der Waals surface area contributed by atoms with Crippen molar-refractivity contribution in [3.05, 3.63) is 47.5 Å². The predicted molar refractivity (Wildman–Crippen MR) is 145 cm³/mol. The summed E-state index contributed by atoms with van der Waals surface area (Å²) in [4.78, 5) is 0. The predicted octanol–water partition coefficient (Wildman–Crippen LogP) is 5.97. The molecule has 1 aliphatic rings. The topological polar surface area (TPSA) is 0 Å². The van der Waals surface area contributed by atoms with Crippen molar-refractivity contribution in [2.75, 3.05) is 0 Å². The molecule has 0 spiro atoms. The van der Waals surface area contributed by atoms with E-state index in [2.05, 4.69) is 65.9 Å². The van der Waals surface area contributed by atoms with Gasteiger partial charge in [0.05, 0.1) is 0 Å². The highest BCUT2D eigenvalue weighted by Gasteiger charge is 2.42. The highest BCUT2D eigenvalue weighted by atomic mass is 14.4. The number of hydrogen-bond donors (Lipinski definition) is 0. The van der Waals surface area contributed by atoms with Crippen molar-refractivity contribution in [2.45, 2.75) is 109 Å². The smallest absolute Gasteiger partial charge is 0.0886 e. The number of benzene rings is 2. The van der Waals surface area contributed by atoms with Crippen LogP contribution in [0.1, 0.15) is 115 Å². The third kappa shape index (κ3) is 5.88. The van der Waals surface area contributed by atoms with Crippen molar-refractivity contribution in [2.24, 2.45) is 0 Å². The standard InChI is InChI=1S/C29H44B2/c1-3-5-7-9-11-13-19-29(20-14-12-10-8-6-4-2)27-21-23(30)15-17-25(27)26-18-16-24(31)22-28(26)29/h15-18,21-22H,3-14,19-20,30-31H2,1-2H3. The lowest BCUT2D eigenvalue weighted by Gasteiger charge is -2.33. The maximum Gasteiger partial charge on any atom is 0.139 e. The van der Waals surface area contributed by atoms with Crippen LogP contribution >= 0.6 is 0 Å². The molecule has 0 unspecified atom stereocenters. The molecule has 0 aliphatic heterocycles. The summed E-state index contributed by atoms with van der Waals surface area (Å²) in [5, 5.41) is 0. The largest absolute Gasteiger partial charge is 0.139 e. The van der Waals surface area contributed by atoms with Gasteiger partial charge in [-0.15, -0.1) is 0 Å². The average molecular weight is 414 g/mol. The zero-order chi connectivity index (χ0) is 22.1. The molecule has 2 aromatic carbocycles. The van der Waals surface area contributed by atoms with Crippen LogP contribution in [-0.2, 0) is 5.41 Å². The fraction of sp³-hybridized carbons (Fsp3) is 0.586. The SMILES string of the molecule is Bc1ccc2c(c1)C(CCCCCCCC)(CCCCCCCC)c1cc(B)ccc1-2. The van der Waals surface area contributed by atoms with E-state index in [1.165, 1.54) is 112 Å². The normalized spacial score (nSPS) is 13.9. The second kappa shape index (κ2) is 12.0. The molecule has 31 heavy (non-hydrogen) atoms. The van der Waals surface area contributed by atoms with E-state index in [0.29, 0.717) is 0 Å². The Kier molecular flexibility index (Phi) is 9.36. The van der Waals surface area contributed by atoms with Gasteiger partial charge in [0.1, 0.15) is 15.7 Å². The third-order valence-corrected chi connectivity index (χ3v) is 7.59. The third-order valence-electron chi connectivity index (χ3n) is 7.59. The summed E-state index contributed by atoms with van der Waals surface area (Å²) in [5.74, 6) is 0. The summed E-state index contributed by atoms with van der Waals surface area (Å²) in [5.41, 5.74) is 9.36. The van der Waals surface area contributed by atoms with E-state index in [9.17, 15) is 0 Å². The van der Waals surface area contributed by atoms with Crippen molar-refractivity contribution in [1.29, 1.82) is 0 Å². The molecule has 166 valence electrons. The van der Waals surface area contributed by atoms with Crippen LogP contribution in [0.15, 0.2) is 36.4 Å². The first-order valence-corrected chi connectivity index (χ1v) is 13.3. The molecule has 0 saturated carbocycles. The summed E-state index contributed by atoms with van der Waals surface area (Å²) in [6, 6.07) is 14.5. The van der Waals surface area contributed by atoms with E-state index in [1.54, 1.807) is 11.1 Å². The molecule has 0 heterocycles. The number of fused-ring (bicyclic) bond motifs is 3. The summed E-state index contributed by atoms with van der Waals surface area (Å²) in [6.07, 6.45) is 19.2. The van der Waals surface area contributed by atoms with Crippen LogP contribution in [-0.4, -0.2) is 15.7 Å². The number of hydrogen-bond acceptors (Lipinski definition) is 0. The first-order chi connectivity index (χ1) is 15.1. The minimum atomic E-state index is 0.234. The Hall–Kier alpha value is -1.43. The van der Waals surface area contributed by atoms with Gasteiger partial charge in [-0.3, -0.25) is 0 Å². The van der Waals surface area contributed by atoms with Gasteiger partial charge in [0.2, 0.25) is 0 Å². The zero-order valence-corrected chi connectivity index (χ0v) is 20.9. The fourth-order valence-corrected chi connectivity index (χ4v) is 5.80. The Morgan fingerprint density at radius 2 is 0.935 bits per heavy atom. The van der Waals surface area contributed by atoms with Gasteiger partial charge >= 0.3 is 0 Å². The summed E-state index contributed by atoms with van der Waals surface area (Å²) in [7, 11) is 4.55. The van der Waals surface area contributed by atoms with E-state index in [0.717, 1.165) is 0 Å². The fourth-order valence-electron chi connectivity index (χ4n) is 5.80. The van der Waals surface area contributed by atoms with Crippen LogP contribution in [0.3, 0.4) is 0 Å². The molecule has 2 heteroatoms. The van der Waals surface area contributed by atoms with Crippen molar-refractivity contribution < 1.29 is 0 Å². The minimum absolute atomic E-state index is 0.234. The van der Waals surface area contributed by atoms with Gasteiger partial charge in [-0.1, -0.05) is 138 Å². The van der Waals surface area contributed by atoms with Gasteiger partial charge in [0, 0.05) is 5.41 Å². The van der Waals surface area contributed by atoms with E-state index >= 15 is 0 Å². The van der Waals surface area contributed by atoms with Gasteiger partial charge in [0.25, 0.3) is 0 Å². The zero-order valence-electron chi connectivity index (χ0n) is 20.9. The van der Waals surface area contributed by atoms with E-state index in [1.807, 2.05) is 0 Å². The molecular formula is C29H44B2. The molecule has 0 atom stereocenters. The average Bonchev–Trinajstić information content (AvgIpc) is 3.02. The van der Waals surface area contributed by atoms with Gasteiger partial charge < -0.3 is 0 Å². The van der Waals surface area contributed by atoms with Crippen molar-refractivity contribution in [1.82, 2.24) is 0 Å². The molecule has 0 aromatic heterocycles. The van der Waals surface area contributed by atoms with Crippen LogP contribution in [0.25, 0.3) is 11.1 Å². The van der Waals surface area contributed by atoms with Crippen molar-refractivity contribution >= 4 is 26.6 Å². The van der Waals surface area contributed by atoms with Crippen molar-refractivity contribution in [3.63, 3.8) is 0 Å². The molecule has 1 aliphatic carbocycles. The van der Waals surface area contributed by atoms with Gasteiger partial charge in [0.15, 0.2) is 0 Å². The Bertz CT molecular complexity index is 754. The van der Waals surface area contributed by atoms with E-state index in [4.69, 9.17) is 0 Å². The molecular weight excluding hydrogens is 370 g/mol. The first kappa shape index (κ1) is 24.2. The second-order valence-electron chi connectivity index (χ2n) is 10.2. The van der Waals surface area contributed by atoms with E-state index in [-0.39, 0.29) is 5.41 Å². The maximum absolute atomic E-state index is 2.53. The Morgan fingerprint density at radius 1 is 0.548 bits per heavy atom. The molecule has 0 radical (unpaired) electrons. The van der Waals surface area contributed by atoms with Crippen LogP contribution in [0.5, 0.6) is 0 Å². The number of rotatable bonds is 14. The van der Waals surface area contributed by atoms with Crippen molar-refractivity contribution in [3.8, 4) is 11.1 Å². The first-order valence-electron chi connectivity index (χ1n) is 13.3. The molecule has 0 fully saturated rings. The Balaban J connectivity index is 1.85. The Labute approximate surface area is 194 Å². The molecule has 0 nitrogen and oxygen atoms in total.